The predicted molar refractivity (Wildman–Crippen MR) is 65.4 cm³/mol. The largest absolute Gasteiger partial charge is 0.481 e. The van der Waals surface area contributed by atoms with Gasteiger partial charge in [0.05, 0.1) is 16.5 Å². The molecule has 1 aliphatic rings. The zero-order chi connectivity index (χ0) is 13.3. The molecule has 1 atom stereocenters. The van der Waals surface area contributed by atoms with Gasteiger partial charge >= 0.3 is 5.97 Å². The number of carboxylic acid groups (broad SMARTS) is 1. The SMILES string of the molecule is CC(C(=O)O)C1CN(C(=O)c2cnccc2Cl)C1. The molecule has 0 aliphatic carbocycles. The maximum absolute atomic E-state index is 12.0. The average molecular weight is 269 g/mol. The highest BCUT2D eigenvalue weighted by Gasteiger charge is 2.37. The molecule has 0 spiro atoms. The number of hydrogen-bond donors (Lipinski definition) is 1. The maximum atomic E-state index is 12.0. The van der Waals surface area contributed by atoms with Crippen LogP contribution in [0.1, 0.15) is 17.3 Å². The van der Waals surface area contributed by atoms with Gasteiger partial charge in [-0.25, -0.2) is 0 Å². The van der Waals surface area contributed by atoms with E-state index in [1.165, 1.54) is 12.4 Å². The van der Waals surface area contributed by atoms with Gasteiger partial charge in [-0.3, -0.25) is 14.6 Å². The van der Waals surface area contributed by atoms with Gasteiger partial charge in [-0.15, -0.1) is 0 Å². The van der Waals surface area contributed by atoms with Crippen molar-refractivity contribution in [1.82, 2.24) is 9.88 Å². The van der Waals surface area contributed by atoms with Crippen LogP contribution in [0.2, 0.25) is 5.02 Å². The number of pyridine rings is 1. The lowest BCUT2D eigenvalue weighted by Crippen LogP contribution is -2.53. The number of carbonyl (C=O) groups excluding carboxylic acids is 1. The van der Waals surface area contributed by atoms with E-state index in [1.807, 2.05) is 0 Å². The van der Waals surface area contributed by atoms with Crippen LogP contribution in [0.5, 0.6) is 0 Å². The molecule has 1 aromatic rings. The summed E-state index contributed by atoms with van der Waals surface area (Å²) in [4.78, 5) is 28.3. The van der Waals surface area contributed by atoms with Crippen molar-refractivity contribution in [2.75, 3.05) is 13.1 Å². The van der Waals surface area contributed by atoms with Gasteiger partial charge < -0.3 is 10.0 Å². The summed E-state index contributed by atoms with van der Waals surface area (Å²) >= 11 is 5.91. The minimum absolute atomic E-state index is 0.0156. The Kier molecular flexibility index (Phi) is 3.52. The molecule has 1 amide bonds. The zero-order valence-corrected chi connectivity index (χ0v) is 10.6. The summed E-state index contributed by atoms with van der Waals surface area (Å²) in [5.41, 5.74) is 0.362. The van der Waals surface area contributed by atoms with Crippen LogP contribution < -0.4 is 0 Å². The first-order valence-corrected chi connectivity index (χ1v) is 6.00. The first kappa shape index (κ1) is 12.8. The molecule has 18 heavy (non-hydrogen) atoms. The fourth-order valence-corrected chi connectivity index (χ4v) is 2.09. The summed E-state index contributed by atoms with van der Waals surface area (Å²) < 4.78 is 0. The van der Waals surface area contributed by atoms with Crippen molar-refractivity contribution in [3.05, 3.63) is 29.0 Å². The molecule has 5 nitrogen and oxygen atoms in total. The van der Waals surface area contributed by atoms with Crippen LogP contribution in [0.4, 0.5) is 0 Å². The second-order valence-corrected chi connectivity index (χ2v) is 4.86. The summed E-state index contributed by atoms with van der Waals surface area (Å²) in [6.45, 7) is 2.57. The molecule has 2 heterocycles. The highest BCUT2D eigenvalue weighted by Crippen LogP contribution is 2.27. The number of carbonyl (C=O) groups is 2. The molecule has 0 saturated carbocycles. The van der Waals surface area contributed by atoms with Crippen LogP contribution in [-0.2, 0) is 4.79 Å². The molecular weight excluding hydrogens is 256 g/mol. The molecule has 1 N–H and O–H groups in total. The molecule has 1 saturated heterocycles. The first-order valence-electron chi connectivity index (χ1n) is 5.62. The number of hydrogen-bond acceptors (Lipinski definition) is 3. The van der Waals surface area contributed by atoms with Gasteiger partial charge in [-0.05, 0) is 6.07 Å². The number of carboxylic acids is 1. The Balaban J connectivity index is 1.99. The molecule has 1 aromatic heterocycles. The van der Waals surface area contributed by atoms with Gasteiger partial charge in [-0.1, -0.05) is 18.5 Å². The van der Waals surface area contributed by atoms with Crippen LogP contribution in [0, 0.1) is 11.8 Å². The lowest BCUT2D eigenvalue weighted by atomic mass is 9.87. The minimum atomic E-state index is -0.827. The van der Waals surface area contributed by atoms with Crippen molar-refractivity contribution < 1.29 is 14.7 Å². The Morgan fingerprint density at radius 3 is 2.78 bits per heavy atom. The molecule has 0 bridgehead atoms. The maximum Gasteiger partial charge on any atom is 0.306 e. The number of rotatable bonds is 3. The number of likely N-dealkylation sites (tertiary alicyclic amines) is 1. The van der Waals surface area contributed by atoms with Crippen LogP contribution in [-0.4, -0.2) is 40.0 Å². The summed E-state index contributed by atoms with van der Waals surface area (Å²) in [6, 6.07) is 1.56. The second-order valence-electron chi connectivity index (χ2n) is 4.45. The molecule has 1 unspecified atom stereocenters. The minimum Gasteiger partial charge on any atom is -0.481 e. The topological polar surface area (TPSA) is 70.5 Å². The van der Waals surface area contributed by atoms with E-state index in [2.05, 4.69) is 4.98 Å². The van der Waals surface area contributed by atoms with Gasteiger partial charge in [0.15, 0.2) is 0 Å². The third-order valence-electron chi connectivity index (χ3n) is 3.29. The van der Waals surface area contributed by atoms with Gasteiger partial charge in [0.2, 0.25) is 0 Å². The van der Waals surface area contributed by atoms with E-state index in [1.54, 1.807) is 17.9 Å². The van der Waals surface area contributed by atoms with Gasteiger partial charge in [-0.2, -0.15) is 0 Å². The van der Waals surface area contributed by atoms with E-state index in [0.717, 1.165) is 0 Å². The standard InChI is InChI=1S/C12H13ClN2O3/c1-7(12(17)18)8-5-15(6-8)11(16)9-4-14-3-2-10(9)13/h2-4,7-8H,5-6H2,1H3,(H,17,18). The summed E-state index contributed by atoms with van der Waals surface area (Å²) in [5.74, 6) is -1.44. The van der Waals surface area contributed by atoms with Crippen LogP contribution in [0.15, 0.2) is 18.5 Å². The van der Waals surface area contributed by atoms with Gasteiger partial charge in [0, 0.05) is 31.4 Å². The highest BCUT2D eigenvalue weighted by molar-refractivity contribution is 6.33. The fourth-order valence-electron chi connectivity index (χ4n) is 1.90. The smallest absolute Gasteiger partial charge is 0.306 e. The number of aliphatic carboxylic acids is 1. The van der Waals surface area contributed by atoms with E-state index in [-0.39, 0.29) is 11.8 Å². The number of amides is 1. The summed E-state index contributed by atoms with van der Waals surface area (Å²) in [5, 5.41) is 9.23. The Labute approximate surface area is 109 Å². The third-order valence-corrected chi connectivity index (χ3v) is 3.62. The molecular formula is C12H13ClN2O3. The highest BCUT2D eigenvalue weighted by atomic mass is 35.5. The average Bonchev–Trinajstić information content (AvgIpc) is 2.27. The number of halogens is 1. The molecule has 96 valence electrons. The monoisotopic (exact) mass is 268 g/mol. The van der Waals surface area contributed by atoms with Crippen LogP contribution in [0.3, 0.4) is 0 Å². The molecule has 1 aliphatic heterocycles. The molecule has 1 fully saturated rings. The second kappa shape index (κ2) is 4.94. The van der Waals surface area contributed by atoms with E-state index in [4.69, 9.17) is 16.7 Å². The quantitative estimate of drug-likeness (QED) is 0.902. The van der Waals surface area contributed by atoms with Crippen molar-refractivity contribution in [3.63, 3.8) is 0 Å². The molecule has 6 heteroatoms. The van der Waals surface area contributed by atoms with Crippen molar-refractivity contribution in [1.29, 1.82) is 0 Å². The van der Waals surface area contributed by atoms with E-state index in [0.29, 0.717) is 23.7 Å². The van der Waals surface area contributed by atoms with Crippen molar-refractivity contribution in [3.8, 4) is 0 Å². The predicted octanol–water partition coefficient (Wildman–Crippen LogP) is 1.53. The molecule has 0 radical (unpaired) electrons. The first-order chi connectivity index (χ1) is 8.50. The third kappa shape index (κ3) is 2.31. The zero-order valence-electron chi connectivity index (χ0n) is 9.84. The van der Waals surface area contributed by atoms with E-state index in [9.17, 15) is 9.59 Å². The normalized spacial score (nSPS) is 17.1. The van der Waals surface area contributed by atoms with Crippen molar-refractivity contribution in [2.24, 2.45) is 11.8 Å². The van der Waals surface area contributed by atoms with Gasteiger partial charge in [0.1, 0.15) is 0 Å². The van der Waals surface area contributed by atoms with Crippen molar-refractivity contribution >= 4 is 23.5 Å². The van der Waals surface area contributed by atoms with Crippen LogP contribution >= 0.6 is 11.6 Å². The molecule has 0 aromatic carbocycles. The fraction of sp³-hybridized carbons (Fsp3) is 0.417. The lowest BCUT2D eigenvalue weighted by Gasteiger charge is -2.41. The Hall–Kier alpha value is -1.62. The van der Waals surface area contributed by atoms with Gasteiger partial charge in [0.25, 0.3) is 5.91 Å². The Morgan fingerprint density at radius 1 is 1.56 bits per heavy atom. The van der Waals surface area contributed by atoms with Crippen LogP contribution in [0.25, 0.3) is 0 Å². The Bertz CT molecular complexity index is 486. The number of nitrogens with zero attached hydrogens (tertiary/aromatic N) is 2. The van der Waals surface area contributed by atoms with E-state index >= 15 is 0 Å². The van der Waals surface area contributed by atoms with Crippen molar-refractivity contribution in [2.45, 2.75) is 6.92 Å². The van der Waals surface area contributed by atoms with E-state index < -0.39 is 11.9 Å². The molecule has 2 rings (SSSR count). The Morgan fingerprint density at radius 2 is 2.22 bits per heavy atom. The summed E-state index contributed by atoms with van der Waals surface area (Å²) in [6.07, 6.45) is 2.95. The summed E-state index contributed by atoms with van der Waals surface area (Å²) in [7, 11) is 0. The lowest BCUT2D eigenvalue weighted by molar-refractivity contribution is -0.144. The number of aromatic nitrogens is 1.